The highest BCUT2D eigenvalue weighted by Gasteiger charge is 2.47. The molecule has 1 aromatic rings. The zero-order chi connectivity index (χ0) is 14.5. The molecular formula is C18H24N2O. The number of fused-ring (bicyclic) bond motifs is 1. The summed E-state index contributed by atoms with van der Waals surface area (Å²) in [6.07, 6.45) is 16.1. The van der Waals surface area contributed by atoms with Crippen molar-refractivity contribution < 1.29 is 4.74 Å². The monoisotopic (exact) mass is 284 g/mol. The summed E-state index contributed by atoms with van der Waals surface area (Å²) in [7, 11) is 0. The average Bonchev–Trinajstić information content (AvgIpc) is 3.10. The van der Waals surface area contributed by atoms with Gasteiger partial charge in [0.15, 0.2) is 0 Å². The van der Waals surface area contributed by atoms with Gasteiger partial charge in [-0.1, -0.05) is 32.4 Å². The van der Waals surface area contributed by atoms with Gasteiger partial charge >= 0.3 is 0 Å². The summed E-state index contributed by atoms with van der Waals surface area (Å²) in [4.78, 5) is 4.59. The summed E-state index contributed by atoms with van der Waals surface area (Å²) in [6.45, 7) is 6.52. The number of epoxide rings is 1. The van der Waals surface area contributed by atoms with E-state index in [-0.39, 0.29) is 11.0 Å². The molecule has 1 aliphatic heterocycles. The molecule has 1 saturated heterocycles. The number of imidazole rings is 1. The van der Waals surface area contributed by atoms with Crippen LogP contribution in [0.3, 0.4) is 0 Å². The Morgan fingerprint density at radius 1 is 1.33 bits per heavy atom. The molecule has 1 spiro atoms. The van der Waals surface area contributed by atoms with Crippen LogP contribution in [0.4, 0.5) is 0 Å². The summed E-state index contributed by atoms with van der Waals surface area (Å²) in [5.74, 6) is 0.730. The molecule has 1 aromatic heterocycles. The molecule has 0 N–H and O–H groups in total. The van der Waals surface area contributed by atoms with Crippen LogP contribution >= 0.6 is 0 Å². The second-order valence-electron chi connectivity index (χ2n) is 7.59. The molecule has 0 amide bonds. The molecule has 2 unspecified atom stereocenters. The number of hydrogen-bond donors (Lipinski definition) is 0. The minimum atomic E-state index is 0.113. The zero-order valence-electron chi connectivity index (χ0n) is 13.0. The molecular weight excluding hydrogens is 260 g/mol. The fourth-order valence-electron chi connectivity index (χ4n) is 3.75. The van der Waals surface area contributed by atoms with Crippen molar-refractivity contribution in [2.24, 2.45) is 11.3 Å². The van der Waals surface area contributed by atoms with Crippen molar-refractivity contribution in [1.82, 2.24) is 9.55 Å². The van der Waals surface area contributed by atoms with Crippen LogP contribution in [0.25, 0.3) is 12.2 Å². The smallest absolute Gasteiger partial charge is 0.0958 e. The fourth-order valence-corrected chi connectivity index (χ4v) is 3.75. The van der Waals surface area contributed by atoms with Crippen molar-refractivity contribution in [3.05, 3.63) is 29.9 Å². The summed E-state index contributed by atoms with van der Waals surface area (Å²) in [5.41, 5.74) is 2.73. The highest BCUT2D eigenvalue weighted by molar-refractivity contribution is 5.64. The predicted octanol–water partition coefficient (Wildman–Crippen LogP) is 3.91. The Morgan fingerprint density at radius 3 is 2.95 bits per heavy atom. The lowest BCUT2D eigenvalue weighted by Gasteiger charge is -2.27. The second kappa shape index (κ2) is 4.57. The lowest BCUT2D eigenvalue weighted by molar-refractivity contribution is 0.178. The highest BCUT2D eigenvalue weighted by atomic mass is 16.6. The molecule has 3 heteroatoms. The van der Waals surface area contributed by atoms with E-state index in [1.54, 1.807) is 0 Å². The molecule has 2 aliphatic carbocycles. The van der Waals surface area contributed by atoms with E-state index in [1.807, 2.05) is 6.33 Å². The molecule has 4 rings (SSSR count). The first-order valence-corrected chi connectivity index (χ1v) is 8.13. The van der Waals surface area contributed by atoms with Crippen LogP contribution in [0.5, 0.6) is 0 Å². The van der Waals surface area contributed by atoms with Crippen LogP contribution in [0, 0.1) is 11.3 Å². The first-order chi connectivity index (χ1) is 10.1. The molecule has 2 atom stereocenters. The van der Waals surface area contributed by atoms with Gasteiger partial charge in [0.2, 0.25) is 0 Å². The van der Waals surface area contributed by atoms with Gasteiger partial charge < -0.3 is 9.30 Å². The van der Waals surface area contributed by atoms with E-state index in [9.17, 15) is 0 Å². The lowest BCUT2D eigenvalue weighted by Crippen LogP contribution is -2.26. The number of nitrogens with zero attached hydrogens (tertiary/aromatic N) is 2. The Morgan fingerprint density at radius 2 is 2.14 bits per heavy atom. The van der Waals surface area contributed by atoms with E-state index in [0.717, 1.165) is 24.8 Å². The molecule has 2 heterocycles. The van der Waals surface area contributed by atoms with E-state index >= 15 is 0 Å². The Balaban J connectivity index is 1.55. The van der Waals surface area contributed by atoms with Gasteiger partial charge in [0.05, 0.1) is 29.9 Å². The average molecular weight is 284 g/mol. The van der Waals surface area contributed by atoms with Gasteiger partial charge in [0.25, 0.3) is 0 Å². The lowest BCUT2D eigenvalue weighted by atomic mass is 9.81. The summed E-state index contributed by atoms with van der Waals surface area (Å²) in [5, 5.41) is 0. The Hall–Kier alpha value is -1.35. The third-order valence-corrected chi connectivity index (χ3v) is 5.16. The molecule has 0 bridgehead atoms. The van der Waals surface area contributed by atoms with E-state index in [2.05, 4.69) is 47.7 Å². The van der Waals surface area contributed by atoms with Gasteiger partial charge in [0, 0.05) is 12.0 Å². The first-order valence-electron chi connectivity index (χ1n) is 8.13. The number of allylic oxidation sites excluding steroid dienone is 2. The largest absolute Gasteiger partial charge is 0.370 e. The molecule has 3 nitrogen and oxygen atoms in total. The third-order valence-electron chi connectivity index (χ3n) is 5.16. The molecule has 0 aromatic carbocycles. The maximum absolute atomic E-state index is 5.70. The Bertz CT molecular complexity index is 605. The van der Waals surface area contributed by atoms with Gasteiger partial charge in [-0.3, -0.25) is 0 Å². The van der Waals surface area contributed by atoms with Gasteiger partial charge in [-0.25, -0.2) is 4.98 Å². The topological polar surface area (TPSA) is 30.4 Å². The number of ether oxygens (including phenoxy) is 1. The van der Waals surface area contributed by atoms with Crippen LogP contribution in [-0.4, -0.2) is 21.8 Å². The van der Waals surface area contributed by atoms with Gasteiger partial charge in [-0.15, -0.1) is 0 Å². The number of aromatic nitrogens is 2. The van der Waals surface area contributed by atoms with Gasteiger partial charge in [-0.2, -0.15) is 0 Å². The Labute approximate surface area is 126 Å². The SMILES string of the molecule is CC1(C)C=Cc2ncn(CC3CCCC4(CO4)C3)c2C=C1. The second-order valence-corrected chi connectivity index (χ2v) is 7.59. The minimum Gasteiger partial charge on any atom is -0.370 e. The molecule has 0 radical (unpaired) electrons. The summed E-state index contributed by atoms with van der Waals surface area (Å²) < 4.78 is 8.03. The fraction of sp³-hybridized carbons (Fsp3) is 0.611. The van der Waals surface area contributed by atoms with Gasteiger partial charge in [-0.05, 0) is 37.3 Å². The van der Waals surface area contributed by atoms with E-state index in [0.29, 0.717) is 0 Å². The van der Waals surface area contributed by atoms with Crippen molar-refractivity contribution in [2.75, 3.05) is 6.61 Å². The van der Waals surface area contributed by atoms with Crippen molar-refractivity contribution in [1.29, 1.82) is 0 Å². The van der Waals surface area contributed by atoms with Crippen LogP contribution in [-0.2, 0) is 11.3 Å². The van der Waals surface area contributed by atoms with Crippen molar-refractivity contribution in [3.63, 3.8) is 0 Å². The first kappa shape index (κ1) is 13.3. The maximum Gasteiger partial charge on any atom is 0.0958 e. The van der Waals surface area contributed by atoms with Gasteiger partial charge in [0.1, 0.15) is 0 Å². The maximum atomic E-state index is 5.70. The normalized spacial score (nSPS) is 33.0. The van der Waals surface area contributed by atoms with Crippen molar-refractivity contribution >= 4 is 12.2 Å². The quantitative estimate of drug-likeness (QED) is 0.771. The standard InChI is InChI=1S/C18H24N2O/c1-17(2)8-5-15-16(6-9-17)20(13-19-15)11-14-4-3-7-18(10-14)12-21-18/h5-6,8-9,13-14H,3-4,7,10-12H2,1-2H3. The number of hydrogen-bond acceptors (Lipinski definition) is 2. The van der Waals surface area contributed by atoms with Crippen molar-refractivity contribution in [3.8, 4) is 0 Å². The van der Waals surface area contributed by atoms with Crippen LogP contribution < -0.4 is 0 Å². The molecule has 21 heavy (non-hydrogen) atoms. The molecule has 1 saturated carbocycles. The van der Waals surface area contributed by atoms with Crippen LogP contribution in [0.1, 0.15) is 50.9 Å². The van der Waals surface area contributed by atoms with E-state index in [4.69, 9.17) is 4.74 Å². The van der Waals surface area contributed by atoms with Crippen molar-refractivity contribution in [2.45, 2.75) is 51.7 Å². The number of rotatable bonds is 2. The van der Waals surface area contributed by atoms with Crippen LogP contribution in [0.15, 0.2) is 18.5 Å². The highest BCUT2D eigenvalue weighted by Crippen LogP contribution is 2.44. The van der Waals surface area contributed by atoms with E-state index in [1.165, 1.54) is 31.4 Å². The predicted molar refractivity (Wildman–Crippen MR) is 84.7 cm³/mol. The summed E-state index contributed by atoms with van der Waals surface area (Å²) in [6, 6.07) is 0. The Kier molecular flexibility index (Phi) is 2.90. The third kappa shape index (κ3) is 2.59. The molecule has 3 aliphatic rings. The molecule has 112 valence electrons. The zero-order valence-corrected chi connectivity index (χ0v) is 13.0. The minimum absolute atomic E-state index is 0.113. The van der Waals surface area contributed by atoms with Crippen LogP contribution in [0.2, 0.25) is 0 Å². The summed E-state index contributed by atoms with van der Waals surface area (Å²) >= 11 is 0. The van der Waals surface area contributed by atoms with E-state index < -0.39 is 0 Å². The molecule has 2 fully saturated rings.